The molecule has 4 nitrogen and oxygen atoms in total. The summed E-state index contributed by atoms with van der Waals surface area (Å²) in [6.45, 7) is 2.01. The topological polar surface area (TPSA) is 52.6 Å². The molecule has 2 aromatic rings. The first-order valence-corrected chi connectivity index (χ1v) is 8.12. The van der Waals surface area contributed by atoms with Gasteiger partial charge in [-0.2, -0.15) is 0 Å². The number of aliphatic hydroxyl groups excluding tert-OH is 1. The number of amides is 1. The maximum Gasteiger partial charge on any atom is 0.221 e. The van der Waals surface area contributed by atoms with Crippen molar-refractivity contribution in [3.05, 3.63) is 71.0 Å². The average Bonchev–Trinajstić information content (AvgIpc) is 2.59. The highest BCUT2D eigenvalue weighted by Crippen LogP contribution is 2.26. The van der Waals surface area contributed by atoms with Crippen LogP contribution in [-0.2, 0) is 17.9 Å². The summed E-state index contributed by atoms with van der Waals surface area (Å²) >= 11 is 0. The maximum atomic E-state index is 13.5. The smallest absolute Gasteiger partial charge is 0.221 e. The summed E-state index contributed by atoms with van der Waals surface area (Å²) in [6, 6.07) is 14.2. The first-order chi connectivity index (χ1) is 11.6. The van der Waals surface area contributed by atoms with E-state index in [-0.39, 0.29) is 18.3 Å². The lowest BCUT2D eigenvalue weighted by Gasteiger charge is -2.31. The maximum absolute atomic E-state index is 13.5. The molecule has 1 atom stereocenters. The summed E-state index contributed by atoms with van der Waals surface area (Å²) < 4.78 is 13.5. The number of fused-ring (bicyclic) bond motifs is 1. The molecule has 0 saturated carbocycles. The zero-order valence-corrected chi connectivity index (χ0v) is 13.4. The summed E-state index contributed by atoms with van der Waals surface area (Å²) in [6.07, 6.45) is -0.194. The molecule has 5 heteroatoms. The Hall–Kier alpha value is -2.24. The molecule has 2 aromatic carbocycles. The summed E-state index contributed by atoms with van der Waals surface area (Å²) in [5.41, 5.74) is 2.55. The van der Waals surface area contributed by atoms with Gasteiger partial charge in [-0.05, 0) is 17.2 Å². The Morgan fingerprint density at radius 3 is 2.79 bits per heavy atom. The fraction of sp³-hybridized carbons (Fsp3) is 0.316. The molecule has 1 heterocycles. The number of benzene rings is 2. The third-order valence-electron chi connectivity index (χ3n) is 4.33. The number of halogens is 1. The van der Waals surface area contributed by atoms with E-state index in [4.69, 9.17) is 0 Å². The first-order valence-electron chi connectivity index (χ1n) is 8.12. The molecule has 126 valence electrons. The first kappa shape index (κ1) is 16.6. The summed E-state index contributed by atoms with van der Waals surface area (Å²) in [5, 5.41) is 12.9. The number of carbonyl (C=O) groups excluding carboxylic acids is 1. The summed E-state index contributed by atoms with van der Waals surface area (Å²) in [7, 11) is 0. The van der Waals surface area contributed by atoms with Crippen molar-refractivity contribution in [1.82, 2.24) is 10.2 Å². The minimum Gasteiger partial charge on any atom is -0.387 e. The average molecular weight is 328 g/mol. The quantitative estimate of drug-likeness (QED) is 0.886. The van der Waals surface area contributed by atoms with Crippen molar-refractivity contribution >= 4 is 5.91 Å². The standard InChI is InChI=1S/C19H21FN2O2/c20-17-8-4-2-5-14(17)11-21-19(24)9-10-22-12-15-6-1-3-7-16(15)18(23)13-22/h1-8,18,23H,9-13H2,(H,21,24)/t18-/m0/s1. The number of aliphatic hydroxyl groups is 1. The van der Waals surface area contributed by atoms with Crippen molar-refractivity contribution in [2.45, 2.75) is 25.6 Å². The van der Waals surface area contributed by atoms with Gasteiger partial charge in [-0.15, -0.1) is 0 Å². The molecule has 1 aliphatic rings. The lowest BCUT2D eigenvalue weighted by atomic mass is 9.97. The van der Waals surface area contributed by atoms with Crippen LogP contribution in [0, 0.1) is 5.82 Å². The largest absolute Gasteiger partial charge is 0.387 e. The number of nitrogens with one attached hydrogen (secondary N) is 1. The molecular weight excluding hydrogens is 307 g/mol. The van der Waals surface area contributed by atoms with E-state index in [0.717, 1.165) is 17.7 Å². The SMILES string of the molecule is O=C(CCN1Cc2ccccc2[C@@H](O)C1)NCc1ccccc1F. The molecule has 1 aliphatic heterocycles. The van der Waals surface area contributed by atoms with E-state index in [1.807, 2.05) is 24.3 Å². The molecule has 1 amide bonds. The van der Waals surface area contributed by atoms with Crippen LogP contribution >= 0.6 is 0 Å². The highest BCUT2D eigenvalue weighted by Gasteiger charge is 2.23. The van der Waals surface area contributed by atoms with E-state index in [0.29, 0.717) is 25.1 Å². The lowest BCUT2D eigenvalue weighted by molar-refractivity contribution is -0.121. The second-order valence-electron chi connectivity index (χ2n) is 6.07. The van der Waals surface area contributed by atoms with Gasteiger partial charge in [0.1, 0.15) is 5.82 Å². The Balaban J connectivity index is 1.48. The van der Waals surface area contributed by atoms with Gasteiger partial charge in [-0.25, -0.2) is 4.39 Å². The van der Waals surface area contributed by atoms with Crippen LogP contribution < -0.4 is 5.32 Å². The van der Waals surface area contributed by atoms with E-state index in [9.17, 15) is 14.3 Å². The Labute approximate surface area is 140 Å². The third kappa shape index (κ3) is 3.99. The number of carbonyl (C=O) groups is 1. The van der Waals surface area contributed by atoms with E-state index in [1.54, 1.807) is 18.2 Å². The number of nitrogens with zero attached hydrogens (tertiary/aromatic N) is 1. The minimum absolute atomic E-state index is 0.119. The molecule has 24 heavy (non-hydrogen) atoms. The Kier molecular flexibility index (Phi) is 5.23. The van der Waals surface area contributed by atoms with Crippen molar-refractivity contribution < 1.29 is 14.3 Å². The van der Waals surface area contributed by atoms with Gasteiger partial charge in [0.25, 0.3) is 0 Å². The highest BCUT2D eigenvalue weighted by molar-refractivity contribution is 5.76. The van der Waals surface area contributed by atoms with Crippen molar-refractivity contribution in [3.63, 3.8) is 0 Å². The molecule has 0 bridgehead atoms. The zero-order chi connectivity index (χ0) is 16.9. The molecular formula is C19H21FN2O2. The molecule has 0 fully saturated rings. The second-order valence-corrected chi connectivity index (χ2v) is 6.07. The third-order valence-corrected chi connectivity index (χ3v) is 4.33. The van der Waals surface area contributed by atoms with Crippen LogP contribution in [0.15, 0.2) is 48.5 Å². The van der Waals surface area contributed by atoms with Gasteiger partial charge in [0.2, 0.25) is 5.91 Å². The highest BCUT2D eigenvalue weighted by atomic mass is 19.1. The summed E-state index contributed by atoms with van der Waals surface area (Å²) in [5.74, 6) is -0.430. The van der Waals surface area contributed by atoms with Gasteiger partial charge in [0, 0.05) is 38.2 Å². The molecule has 0 radical (unpaired) electrons. The van der Waals surface area contributed by atoms with E-state index in [1.165, 1.54) is 6.07 Å². The number of rotatable bonds is 5. The predicted molar refractivity (Wildman–Crippen MR) is 89.5 cm³/mol. The molecule has 0 unspecified atom stereocenters. The monoisotopic (exact) mass is 328 g/mol. The van der Waals surface area contributed by atoms with Crippen LogP contribution in [0.2, 0.25) is 0 Å². The molecule has 3 rings (SSSR count). The van der Waals surface area contributed by atoms with Crippen molar-refractivity contribution in [1.29, 1.82) is 0 Å². The Morgan fingerprint density at radius 1 is 1.21 bits per heavy atom. The molecule has 0 aliphatic carbocycles. The Bertz CT molecular complexity index is 720. The molecule has 2 N–H and O–H groups in total. The van der Waals surface area contributed by atoms with Crippen LogP contribution in [0.5, 0.6) is 0 Å². The van der Waals surface area contributed by atoms with Gasteiger partial charge in [0.15, 0.2) is 0 Å². The normalized spacial score (nSPS) is 17.3. The zero-order valence-electron chi connectivity index (χ0n) is 13.4. The fourth-order valence-corrected chi connectivity index (χ4v) is 3.01. The van der Waals surface area contributed by atoms with Crippen LogP contribution in [0.3, 0.4) is 0 Å². The van der Waals surface area contributed by atoms with Crippen LogP contribution in [0.1, 0.15) is 29.2 Å². The van der Waals surface area contributed by atoms with Crippen molar-refractivity contribution in [2.75, 3.05) is 13.1 Å². The van der Waals surface area contributed by atoms with Gasteiger partial charge >= 0.3 is 0 Å². The molecule has 0 saturated heterocycles. The van der Waals surface area contributed by atoms with Crippen LogP contribution in [-0.4, -0.2) is 29.0 Å². The summed E-state index contributed by atoms with van der Waals surface area (Å²) in [4.78, 5) is 14.0. The van der Waals surface area contributed by atoms with Crippen molar-refractivity contribution in [2.24, 2.45) is 0 Å². The van der Waals surface area contributed by atoms with E-state index < -0.39 is 6.10 Å². The molecule has 0 spiro atoms. The van der Waals surface area contributed by atoms with Gasteiger partial charge in [0.05, 0.1) is 6.10 Å². The molecule has 0 aromatic heterocycles. The predicted octanol–water partition coefficient (Wildman–Crippen LogP) is 2.38. The van der Waals surface area contributed by atoms with Gasteiger partial charge in [-0.1, -0.05) is 42.5 Å². The lowest BCUT2D eigenvalue weighted by Crippen LogP contribution is -2.36. The second kappa shape index (κ2) is 7.55. The Morgan fingerprint density at radius 2 is 1.96 bits per heavy atom. The van der Waals surface area contributed by atoms with E-state index >= 15 is 0 Å². The van der Waals surface area contributed by atoms with E-state index in [2.05, 4.69) is 10.2 Å². The van der Waals surface area contributed by atoms with Crippen LogP contribution in [0.25, 0.3) is 0 Å². The minimum atomic E-state index is -0.517. The number of hydrogen-bond acceptors (Lipinski definition) is 3. The van der Waals surface area contributed by atoms with Crippen LogP contribution in [0.4, 0.5) is 4.39 Å². The van der Waals surface area contributed by atoms with Gasteiger partial charge < -0.3 is 10.4 Å². The number of hydrogen-bond donors (Lipinski definition) is 2. The number of β-amino-alcohol motifs (C(OH)–C–C–N with tert-alkyl or cyclic N) is 1. The van der Waals surface area contributed by atoms with Crippen molar-refractivity contribution in [3.8, 4) is 0 Å². The van der Waals surface area contributed by atoms with Gasteiger partial charge in [-0.3, -0.25) is 9.69 Å². The fourth-order valence-electron chi connectivity index (χ4n) is 3.01.